The minimum atomic E-state index is 0.124. The molecule has 1 aromatic rings. The third-order valence-corrected chi connectivity index (χ3v) is 3.59. The van der Waals surface area contributed by atoms with Crippen molar-refractivity contribution in [2.24, 2.45) is 11.7 Å². The lowest BCUT2D eigenvalue weighted by Gasteiger charge is -2.33. The van der Waals surface area contributed by atoms with Gasteiger partial charge >= 0.3 is 0 Å². The fourth-order valence-electron chi connectivity index (χ4n) is 2.33. The second-order valence-electron chi connectivity index (χ2n) is 4.77. The molecule has 92 valence electrons. The first-order chi connectivity index (χ1) is 8.20. The fourth-order valence-corrected chi connectivity index (χ4v) is 2.33. The number of hydrogen-bond acceptors (Lipinski definition) is 3. The Hall–Kier alpha value is -1.35. The Balaban J connectivity index is 2.01. The molecule has 3 nitrogen and oxygen atoms in total. The highest BCUT2D eigenvalue weighted by molar-refractivity contribution is 5.94. The number of nitrogens with two attached hydrogens (primary N) is 1. The van der Waals surface area contributed by atoms with Crippen LogP contribution in [0.25, 0.3) is 0 Å². The predicted octanol–water partition coefficient (Wildman–Crippen LogP) is 2.06. The highest BCUT2D eigenvalue weighted by Crippen LogP contribution is 2.23. The first-order valence-electron chi connectivity index (χ1n) is 6.26. The molecular formula is C14H20N2O. The lowest BCUT2D eigenvalue weighted by molar-refractivity contribution is 0.101. The summed E-state index contributed by atoms with van der Waals surface area (Å²) >= 11 is 0. The van der Waals surface area contributed by atoms with Crippen molar-refractivity contribution in [2.45, 2.75) is 19.8 Å². The first kappa shape index (κ1) is 12.1. The highest BCUT2D eigenvalue weighted by Gasteiger charge is 2.18. The maximum Gasteiger partial charge on any atom is 0.159 e. The molecule has 3 heteroatoms. The van der Waals surface area contributed by atoms with E-state index in [9.17, 15) is 4.79 Å². The third-order valence-electron chi connectivity index (χ3n) is 3.59. The van der Waals surface area contributed by atoms with E-state index >= 15 is 0 Å². The molecule has 1 fully saturated rings. The summed E-state index contributed by atoms with van der Waals surface area (Å²) in [5.41, 5.74) is 7.68. The Morgan fingerprint density at radius 2 is 1.88 bits per heavy atom. The van der Waals surface area contributed by atoms with Gasteiger partial charge in [0.25, 0.3) is 0 Å². The van der Waals surface area contributed by atoms with Crippen LogP contribution in [0.15, 0.2) is 24.3 Å². The van der Waals surface area contributed by atoms with Crippen molar-refractivity contribution in [3.8, 4) is 0 Å². The molecule has 0 amide bonds. The van der Waals surface area contributed by atoms with Gasteiger partial charge < -0.3 is 10.6 Å². The summed E-state index contributed by atoms with van der Waals surface area (Å²) in [7, 11) is 0. The third kappa shape index (κ3) is 2.86. The molecule has 0 aliphatic carbocycles. The van der Waals surface area contributed by atoms with E-state index in [-0.39, 0.29) is 5.78 Å². The summed E-state index contributed by atoms with van der Waals surface area (Å²) in [6.07, 6.45) is 2.34. The first-order valence-corrected chi connectivity index (χ1v) is 6.26. The van der Waals surface area contributed by atoms with Gasteiger partial charge in [0.15, 0.2) is 5.78 Å². The summed E-state index contributed by atoms with van der Waals surface area (Å²) in [4.78, 5) is 13.6. The van der Waals surface area contributed by atoms with Crippen molar-refractivity contribution >= 4 is 11.5 Å². The number of carbonyl (C=O) groups is 1. The zero-order valence-corrected chi connectivity index (χ0v) is 10.4. The van der Waals surface area contributed by atoms with Gasteiger partial charge in [-0.25, -0.2) is 0 Å². The van der Waals surface area contributed by atoms with Crippen molar-refractivity contribution in [3.05, 3.63) is 29.8 Å². The molecule has 0 atom stereocenters. The lowest BCUT2D eigenvalue weighted by Crippen LogP contribution is -2.36. The number of anilines is 1. The molecule has 1 heterocycles. The molecule has 0 radical (unpaired) electrons. The molecule has 0 aromatic heterocycles. The zero-order valence-electron chi connectivity index (χ0n) is 10.4. The Morgan fingerprint density at radius 3 is 2.35 bits per heavy atom. The highest BCUT2D eigenvalue weighted by atomic mass is 16.1. The van der Waals surface area contributed by atoms with E-state index in [1.807, 2.05) is 24.3 Å². The van der Waals surface area contributed by atoms with Crippen LogP contribution in [0.2, 0.25) is 0 Å². The maximum absolute atomic E-state index is 11.2. The van der Waals surface area contributed by atoms with E-state index in [4.69, 9.17) is 5.73 Å². The Morgan fingerprint density at radius 1 is 1.29 bits per heavy atom. The molecule has 2 rings (SSSR count). The molecular weight excluding hydrogens is 212 g/mol. The fraction of sp³-hybridized carbons (Fsp3) is 0.500. The summed E-state index contributed by atoms with van der Waals surface area (Å²) in [6, 6.07) is 7.90. The number of benzene rings is 1. The van der Waals surface area contributed by atoms with Gasteiger partial charge in [-0.2, -0.15) is 0 Å². The molecule has 1 aliphatic heterocycles. The van der Waals surface area contributed by atoms with Crippen molar-refractivity contribution in [1.29, 1.82) is 0 Å². The van der Waals surface area contributed by atoms with Crippen LogP contribution >= 0.6 is 0 Å². The number of piperidine rings is 1. The smallest absolute Gasteiger partial charge is 0.159 e. The van der Waals surface area contributed by atoms with Crippen molar-refractivity contribution in [2.75, 3.05) is 24.5 Å². The summed E-state index contributed by atoms with van der Waals surface area (Å²) in [5.74, 6) is 0.807. The summed E-state index contributed by atoms with van der Waals surface area (Å²) in [6.45, 7) is 4.54. The van der Waals surface area contributed by atoms with Gasteiger partial charge in [-0.1, -0.05) is 0 Å². The van der Waals surface area contributed by atoms with Gasteiger partial charge in [-0.05, 0) is 56.5 Å². The number of rotatable bonds is 3. The predicted molar refractivity (Wildman–Crippen MR) is 70.4 cm³/mol. The van der Waals surface area contributed by atoms with Crippen LogP contribution in [0.4, 0.5) is 5.69 Å². The minimum Gasteiger partial charge on any atom is -0.372 e. The van der Waals surface area contributed by atoms with Gasteiger partial charge in [0, 0.05) is 24.3 Å². The van der Waals surface area contributed by atoms with E-state index in [1.165, 1.54) is 18.5 Å². The molecule has 2 N–H and O–H groups in total. The molecule has 1 aromatic carbocycles. The van der Waals surface area contributed by atoms with Crippen LogP contribution in [0.3, 0.4) is 0 Å². The average Bonchev–Trinajstić information content (AvgIpc) is 2.39. The van der Waals surface area contributed by atoms with Crippen LogP contribution < -0.4 is 10.6 Å². The average molecular weight is 232 g/mol. The maximum atomic E-state index is 11.2. The van der Waals surface area contributed by atoms with Crippen LogP contribution in [-0.4, -0.2) is 25.4 Å². The molecule has 0 bridgehead atoms. The quantitative estimate of drug-likeness (QED) is 0.811. The molecule has 0 saturated carbocycles. The Kier molecular flexibility index (Phi) is 3.79. The number of carbonyl (C=O) groups excluding carboxylic acids is 1. The number of Topliss-reactive ketones (excluding diaryl/α,β-unsaturated/α-hetero) is 1. The van der Waals surface area contributed by atoms with Crippen molar-refractivity contribution in [1.82, 2.24) is 0 Å². The number of ketones is 1. The standard InChI is InChI=1S/C14H20N2O/c1-11(17)13-2-4-14(5-3-13)16-8-6-12(10-15)7-9-16/h2-5,12H,6-10,15H2,1H3. The van der Waals surface area contributed by atoms with Gasteiger partial charge in [-0.15, -0.1) is 0 Å². The molecule has 1 aliphatic rings. The SMILES string of the molecule is CC(=O)c1ccc(N2CCC(CN)CC2)cc1. The van der Waals surface area contributed by atoms with Crippen LogP contribution in [-0.2, 0) is 0 Å². The Bertz CT molecular complexity index is 378. The lowest BCUT2D eigenvalue weighted by atomic mass is 9.96. The van der Waals surface area contributed by atoms with Crippen LogP contribution in [0.5, 0.6) is 0 Å². The normalized spacial score (nSPS) is 17.2. The molecule has 0 unspecified atom stereocenters. The van der Waals surface area contributed by atoms with Crippen molar-refractivity contribution < 1.29 is 4.79 Å². The van der Waals surface area contributed by atoms with E-state index in [2.05, 4.69) is 4.90 Å². The molecule has 17 heavy (non-hydrogen) atoms. The van der Waals surface area contributed by atoms with Gasteiger partial charge in [0.2, 0.25) is 0 Å². The topological polar surface area (TPSA) is 46.3 Å². The van der Waals surface area contributed by atoms with Crippen LogP contribution in [0, 0.1) is 5.92 Å². The van der Waals surface area contributed by atoms with E-state index in [0.717, 1.165) is 25.2 Å². The Labute approximate surface area is 103 Å². The monoisotopic (exact) mass is 232 g/mol. The number of nitrogens with zero attached hydrogens (tertiary/aromatic N) is 1. The van der Waals surface area contributed by atoms with Gasteiger partial charge in [-0.3, -0.25) is 4.79 Å². The van der Waals surface area contributed by atoms with Gasteiger partial charge in [0.1, 0.15) is 0 Å². The summed E-state index contributed by atoms with van der Waals surface area (Å²) < 4.78 is 0. The van der Waals surface area contributed by atoms with Crippen molar-refractivity contribution in [3.63, 3.8) is 0 Å². The van der Waals surface area contributed by atoms with E-state index < -0.39 is 0 Å². The largest absolute Gasteiger partial charge is 0.372 e. The van der Waals surface area contributed by atoms with E-state index in [1.54, 1.807) is 6.92 Å². The zero-order chi connectivity index (χ0) is 12.3. The van der Waals surface area contributed by atoms with Gasteiger partial charge in [0.05, 0.1) is 0 Å². The molecule has 1 saturated heterocycles. The minimum absolute atomic E-state index is 0.124. The second-order valence-corrected chi connectivity index (χ2v) is 4.77. The number of hydrogen-bond donors (Lipinski definition) is 1. The van der Waals surface area contributed by atoms with E-state index in [0.29, 0.717) is 5.92 Å². The summed E-state index contributed by atoms with van der Waals surface area (Å²) in [5, 5.41) is 0. The molecule has 0 spiro atoms. The van der Waals surface area contributed by atoms with Crippen LogP contribution in [0.1, 0.15) is 30.1 Å². The second kappa shape index (κ2) is 5.32.